The van der Waals surface area contributed by atoms with E-state index in [9.17, 15) is 0 Å². The Morgan fingerprint density at radius 1 is 0.947 bits per heavy atom. The van der Waals surface area contributed by atoms with Gasteiger partial charge in [-0.3, -0.25) is 5.43 Å². The van der Waals surface area contributed by atoms with E-state index in [2.05, 4.69) is 28.2 Å². The van der Waals surface area contributed by atoms with E-state index >= 15 is 0 Å². The van der Waals surface area contributed by atoms with Gasteiger partial charge in [0.2, 0.25) is 0 Å². The fourth-order valence-electron chi connectivity index (χ4n) is 1.76. The molecule has 3 rings (SSSR count). The highest BCUT2D eigenvalue weighted by molar-refractivity contribution is 5.76. The lowest BCUT2D eigenvalue weighted by Crippen LogP contribution is -2.42. The largest absolute Gasteiger partial charge is 0.424 e. The maximum atomic E-state index is 5.58. The summed E-state index contributed by atoms with van der Waals surface area (Å²) in [5.41, 5.74) is 7.08. The van der Waals surface area contributed by atoms with E-state index in [1.165, 1.54) is 5.56 Å². The van der Waals surface area contributed by atoms with Crippen molar-refractivity contribution in [2.45, 2.75) is 6.54 Å². The maximum Gasteiger partial charge on any atom is 0.329 e. The van der Waals surface area contributed by atoms with E-state index in [0.29, 0.717) is 12.6 Å². The molecule has 0 unspecified atom stereocenters. The van der Waals surface area contributed by atoms with Crippen molar-refractivity contribution in [2.24, 2.45) is 5.10 Å². The molecule has 0 bridgehead atoms. The number of para-hydroxylation sites is 1. The van der Waals surface area contributed by atoms with Crippen LogP contribution in [0.4, 0.5) is 0 Å². The van der Waals surface area contributed by atoms with Gasteiger partial charge in [-0.25, -0.2) is 5.53 Å². The Kier molecular flexibility index (Phi) is 3.29. The van der Waals surface area contributed by atoms with Gasteiger partial charge in [0.1, 0.15) is 5.75 Å². The van der Waals surface area contributed by atoms with Crippen LogP contribution in [0.5, 0.6) is 5.75 Å². The Bertz CT molecular complexity index is 556. The van der Waals surface area contributed by atoms with Gasteiger partial charge >= 0.3 is 6.02 Å². The molecule has 5 nitrogen and oxygen atoms in total. The number of hydrazine groups is 2. The number of benzene rings is 2. The number of hydrogen-bond donors (Lipinski definition) is 2. The van der Waals surface area contributed by atoms with Gasteiger partial charge in [0.05, 0.1) is 6.54 Å². The van der Waals surface area contributed by atoms with Crippen molar-refractivity contribution < 1.29 is 4.74 Å². The van der Waals surface area contributed by atoms with Crippen LogP contribution in [0.3, 0.4) is 0 Å². The second-order valence-electron chi connectivity index (χ2n) is 4.12. The lowest BCUT2D eigenvalue weighted by Gasteiger charge is -2.15. The molecule has 0 saturated heterocycles. The van der Waals surface area contributed by atoms with E-state index in [1.807, 2.05) is 48.5 Å². The number of hydrazone groups is 1. The van der Waals surface area contributed by atoms with Crippen LogP contribution in [-0.4, -0.2) is 11.1 Å². The molecule has 1 aliphatic heterocycles. The molecule has 5 heteroatoms. The summed E-state index contributed by atoms with van der Waals surface area (Å²) in [7, 11) is 0. The zero-order chi connectivity index (χ0) is 12.9. The van der Waals surface area contributed by atoms with E-state index < -0.39 is 0 Å². The number of hydrogen-bond acceptors (Lipinski definition) is 5. The van der Waals surface area contributed by atoms with E-state index in [1.54, 1.807) is 5.12 Å². The molecular weight excluding hydrogens is 240 g/mol. The molecule has 0 aromatic heterocycles. The lowest BCUT2D eigenvalue weighted by molar-refractivity contribution is 0.165. The van der Waals surface area contributed by atoms with Crippen LogP contribution in [0.1, 0.15) is 5.56 Å². The van der Waals surface area contributed by atoms with Gasteiger partial charge in [0.25, 0.3) is 0 Å². The summed E-state index contributed by atoms with van der Waals surface area (Å²) in [5.74, 6) is 0.747. The van der Waals surface area contributed by atoms with Crippen molar-refractivity contribution in [3.63, 3.8) is 0 Å². The molecule has 0 spiro atoms. The highest BCUT2D eigenvalue weighted by Gasteiger charge is 2.16. The predicted octanol–water partition coefficient (Wildman–Crippen LogP) is 1.86. The van der Waals surface area contributed by atoms with E-state index in [4.69, 9.17) is 4.74 Å². The summed E-state index contributed by atoms with van der Waals surface area (Å²) in [6.45, 7) is 0.686. The number of amidine groups is 1. The van der Waals surface area contributed by atoms with Gasteiger partial charge in [0.15, 0.2) is 0 Å². The summed E-state index contributed by atoms with van der Waals surface area (Å²) in [5, 5.41) is 5.83. The Labute approximate surface area is 111 Å². The average molecular weight is 254 g/mol. The third-order valence-corrected chi connectivity index (χ3v) is 2.64. The second-order valence-corrected chi connectivity index (χ2v) is 4.12. The summed E-state index contributed by atoms with van der Waals surface area (Å²) in [6.07, 6.45) is 0. The van der Waals surface area contributed by atoms with Crippen LogP contribution in [0, 0.1) is 0 Å². The van der Waals surface area contributed by atoms with Gasteiger partial charge in [-0.2, -0.15) is 0 Å². The van der Waals surface area contributed by atoms with Crippen molar-refractivity contribution in [3.8, 4) is 5.75 Å². The molecule has 0 atom stereocenters. The minimum Gasteiger partial charge on any atom is -0.424 e. The molecule has 0 radical (unpaired) electrons. The zero-order valence-corrected chi connectivity index (χ0v) is 10.3. The fraction of sp³-hybridized carbons (Fsp3) is 0.0714. The fourth-order valence-corrected chi connectivity index (χ4v) is 1.76. The smallest absolute Gasteiger partial charge is 0.329 e. The van der Waals surface area contributed by atoms with Gasteiger partial charge < -0.3 is 4.74 Å². The Balaban J connectivity index is 1.55. The highest BCUT2D eigenvalue weighted by Crippen LogP contribution is 2.09. The minimum atomic E-state index is 0.433. The van der Waals surface area contributed by atoms with Crippen LogP contribution in [-0.2, 0) is 6.54 Å². The molecule has 1 heterocycles. The Hall–Kier alpha value is -2.53. The summed E-state index contributed by atoms with van der Waals surface area (Å²) < 4.78 is 5.58. The molecule has 0 saturated carbocycles. The molecule has 0 amide bonds. The van der Waals surface area contributed by atoms with Gasteiger partial charge in [0, 0.05) is 0 Å². The van der Waals surface area contributed by atoms with E-state index in [0.717, 1.165) is 5.75 Å². The van der Waals surface area contributed by atoms with Crippen LogP contribution in [0.25, 0.3) is 0 Å². The number of nitrogens with zero attached hydrogens (tertiary/aromatic N) is 2. The molecule has 19 heavy (non-hydrogen) atoms. The zero-order valence-electron chi connectivity index (χ0n) is 10.3. The van der Waals surface area contributed by atoms with Crippen molar-refractivity contribution in [1.29, 1.82) is 0 Å². The summed E-state index contributed by atoms with van der Waals surface area (Å²) in [6, 6.07) is 20.1. The first kappa shape index (κ1) is 11.6. The first-order chi connectivity index (χ1) is 9.40. The van der Waals surface area contributed by atoms with Crippen LogP contribution >= 0.6 is 0 Å². The summed E-state index contributed by atoms with van der Waals surface area (Å²) >= 11 is 0. The quantitative estimate of drug-likeness (QED) is 0.877. The second kappa shape index (κ2) is 5.41. The van der Waals surface area contributed by atoms with Gasteiger partial charge in [-0.05, 0) is 17.7 Å². The van der Waals surface area contributed by atoms with Gasteiger partial charge in [-0.15, -0.1) is 10.2 Å². The van der Waals surface area contributed by atoms with Gasteiger partial charge in [-0.1, -0.05) is 48.5 Å². The first-order valence-electron chi connectivity index (χ1n) is 6.04. The molecule has 2 aromatic carbocycles. The van der Waals surface area contributed by atoms with E-state index in [-0.39, 0.29) is 0 Å². The van der Waals surface area contributed by atoms with Crippen molar-refractivity contribution in [2.75, 3.05) is 0 Å². The number of nitrogens with one attached hydrogen (secondary N) is 2. The average Bonchev–Trinajstić information content (AvgIpc) is 2.88. The van der Waals surface area contributed by atoms with Crippen LogP contribution < -0.4 is 15.7 Å². The third-order valence-electron chi connectivity index (χ3n) is 2.64. The Morgan fingerprint density at radius 2 is 1.63 bits per heavy atom. The molecule has 2 N–H and O–H groups in total. The number of rotatable bonds is 3. The molecule has 0 aliphatic carbocycles. The molecule has 0 fully saturated rings. The lowest BCUT2D eigenvalue weighted by atomic mass is 10.2. The summed E-state index contributed by atoms with van der Waals surface area (Å²) in [4.78, 5) is 0. The minimum absolute atomic E-state index is 0.433. The molecular formula is C14H14N4O. The molecule has 1 aliphatic rings. The van der Waals surface area contributed by atoms with Crippen molar-refractivity contribution >= 4 is 6.02 Å². The standard InChI is InChI=1S/C14H14N4O/c1-3-7-12(8-4-1)11-18-16-14(15-17-18)19-13-9-5-2-6-10-13/h1-10,17H,11H2,(H,15,16). The molecule has 96 valence electrons. The Morgan fingerprint density at radius 3 is 2.37 bits per heavy atom. The SMILES string of the molecule is c1ccc(CN2NN=C(Oc3ccccc3)N2)cc1. The third kappa shape index (κ3) is 3.02. The monoisotopic (exact) mass is 254 g/mol. The molecule has 2 aromatic rings. The first-order valence-corrected chi connectivity index (χ1v) is 6.04. The van der Waals surface area contributed by atoms with Crippen molar-refractivity contribution in [1.82, 2.24) is 16.1 Å². The highest BCUT2D eigenvalue weighted by atomic mass is 16.5. The number of ether oxygens (including phenoxy) is 1. The topological polar surface area (TPSA) is 48.9 Å². The normalized spacial score (nSPS) is 14.4. The maximum absolute atomic E-state index is 5.58. The predicted molar refractivity (Wildman–Crippen MR) is 72.8 cm³/mol. The van der Waals surface area contributed by atoms with Crippen molar-refractivity contribution in [3.05, 3.63) is 66.2 Å². The van der Waals surface area contributed by atoms with Crippen LogP contribution in [0.15, 0.2) is 65.8 Å². The van der Waals surface area contributed by atoms with Crippen LogP contribution in [0.2, 0.25) is 0 Å².